The van der Waals surface area contributed by atoms with Crippen LogP contribution in [0.4, 0.5) is 0 Å². The second-order valence-electron chi connectivity index (χ2n) is 16.4. The topological polar surface area (TPSA) is 198 Å². The highest BCUT2D eigenvalue weighted by Gasteiger charge is 2.33. The normalized spacial score (nSPS) is 13.9. The third kappa shape index (κ3) is 8.51. The van der Waals surface area contributed by atoms with E-state index in [4.69, 9.17) is 35.6 Å². The van der Waals surface area contributed by atoms with Crippen molar-refractivity contribution in [3.05, 3.63) is 133 Å². The van der Waals surface area contributed by atoms with Crippen molar-refractivity contribution in [1.29, 1.82) is 0 Å². The van der Waals surface area contributed by atoms with Crippen LogP contribution >= 0.6 is 22.9 Å². The van der Waals surface area contributed by atoms with Crippen molar-refractivity contribution in [2.45, 2.75) is 66.6 Å². The summed E-state index contributed by atoms with van der Waals surface area (Å²) in [6.07, 6.45) is 3.33. The highest BCUT2D eigenvalue weighted by Crippen LogP contribution is 2.41. The number of aryl methyl sites for hydroxylation is 4. The maximum absolute atomic E-state index is 14.4. The number of pyridine rings is 2. The van der Waals surface area contributed by atoms with Crippen molar-refractivity contribution < 1.29 is 23.6 Å². The predicted molar refractivity (Wildman–Crippen MR) is 256 cm³/mol. The summed E-state index contributed by atoms with van der Waals surface area (Å²) in [5, 5.41) is 21.0. The van der Waals surface area contributed by atoms with Crippen LogP contribution in [-0.2, 0) is 20.9 Å². The van der Waals surface area contributed by atoms with Crippen LogP contribution in [0, 0.1) is 34.6 Å². The van der Waals surface area contributed by atoms with E-state index in [9.17, 15) is 14.4 Å². The molecule has 2 atom stereocenters. The van der Waals surface area contributed by atoms with Gasteiger partial charge in [-0.2, -0.15) is 0 Å². The van der Waals surface area contributed by atoms with Gasteiger partial charge in [-0.1, -0.05) is 35.0 Å². The molecule has 0 fully saturated rings. The number of imidazole rings is 1. The van der Waals surface area contributed by atoms with Gasteiger partial charge in [-0.05, 0) is 83.5 Å². The van der Waals surface area contributed by atoms with E-state index in [1.165, 1.54) is 4.57 Å². The number of amides is 2. The monoisotopic (exact) mass is 941 g/mol. The van der Waals surface area contributed by atoms with Gasteiger partial charge in [0.1, 0.15) is 34.9 Å². The molecule has 0 bridgehead atoms. The van der Waals surface area contributed by atoms with Crippen LogP contribution in [0.1, 0.15) is 75.8 Å². The highest BCUT2D eigenvalue weighted by atomic mass is 35.5. The molecule has 0 saturated carbocycles. The second kappa shape index (κ2) is 18.7. The number of nitrogens with zero attached hydrogens (tertiary/aromatic N) is 9. The molecule has 6 aromatic heterocycles. The van der Waals surface area contributed by atoms with E-state index >= 15 is 0 Å². The predicted octanol–water partition coefficient (Wildman–Crippen LogP) is 7.09. The van der Waals surface area contributed by atoms with Crippen molar-refractivity contribution >= 4 is 62.4 Å². The summed E-state index contributed by atoms with van der Waals surface area (Å²) in [4.78, 5) is 57.0. The maximum atomic E-state index is 14.4. The van der Waals surface area contributed by atoms with Crippen LogP contribution in [0.3, 0.4) is 0 Å². The molecule has 7 heterocycles. The number of fused-ring (bicyclic) bond motifs is 6. The minimum atomic E-state index is -0.605. The lowest BCUT2D eigenvalue weighted by molar-refractivity contribution is -0.122. The summed E-state index contributed by atoms with van der Waals surface area (Å²) in [7, 11) is 1.58. The molecule has 0 spiro atoms. The summed E-state index contributed by atoms with van der Waals surface area (Å²) in [5.74, 6) is 1.87. The lowest BCUT2D eigenvalue weighted by atomic mass is 9.99. The minimum absolute atomic E-state index is 0.0387. The van der Waals surface area contributed by atoms with E-state index in [0.29, 0.717) is 61.5 Å². The average molecular weight is 943 g/mol. The highest BCUT2D eigenvalue weighted by molar-refractivity contribution is 7.15. The number of thiophene rings is 1. The molecule has 8 aromatic rings. The van der Waals surface area contributed by atoms with Crippen LogP contribution in [0.15, 0.2) is 81.3 Å². The number of hydrogen-bond donors (Lipinski definition) is 2. The fourth-order valence-corrected chi connectivity index (χ4v) is 10.0. The van der Waals surface area contributed by atoms with Crippen LogP contribution in [0.5, 0.6) is 5.75 Å². The molecular weight excluding hydrogens is 894 g/mol. The lowest BCUT2D eigenvalue weighted by Crippen LogP contribution is -2.35. The molecular formula is C48H48ClN11O6S. The quantitative estimate of drug-likeness (QED) is 0.0996. The first-order chi connectivity index (χ1) is 32.3. The van der Waals surface area contributed by atoms with Crippen LogP contribution in [0.25, 0.3) is 38.1 Å². The second-order valence-corrected chi connectivity index (χ2v) is 18.0. The fraction of sp³-hybridized carbons (Fsp3) is 0.312. The largest absolute Gasteiger partial charge is 0.496 e. The van der Waals surface area contributed by atoms with Gasteiger partial charge in [0, 0.05) is 51.3 Å². The molecule has 67 heavy (non-hydrogen) atoms. The standard InChI is InChI=1S/C48H48ClN11O6S/c1-25-29(5)67-47-42(25)44(31-11-13-32(49)14-12-31)54-37(46-56-55-30(6)60(46)47)22-40(61)51-16-18-65-19-17-52-41(62)24-58-38-23-53-36-20-34(43-26(2)57-66-28(43)4)39(64-7)21-33(36)45(38)59(48(58)63)27(3)35-10-8-9-15-50-35/h8-15,20-21,23,27,37H,16-19,22,24H2,1-7H3,(H,51,61)(H,52,62). The first-order valence-electron chi connectivity index (χ1n) is 21.8. The number of benzene rings is 2. The Morgan fingerprint density at radius 1 is 0.955 bits per heavy atom. The number of carbonyl (C=O) groups is 2. The van der Waals surface area contributed by atoms with Gasteiger partial charge in [0.15, 0.2) is 5.82 Å². The molecule has 19 heteroatoms. The molecule has 2 aromatic carbocycles. The Hall–Kier alpha value is -7.02. The maximum Gasteiger partial charge on any atom is 0.330 e. The third-order valence-electron chi connectivity index (χ3n) is 12.1. The molecule has 17 nitrogen and oxygen atoms in total. The van der Waals surface area contributed by atoms with Crippen molar-refractivity contribution in [3.8, 4) is 21.9 Å². The first-order valence-corrected chi connectivity index (χ1v) is 23.0. The van der Waals surface area contributed by atoms with E-state index in [0.717, 1.165) is 43.4 Å². The Bertz CT molecular complexity index is 3260. The van der Waals surface area contributed by atoms with Crippen molar-refractivity contribution in [2.24, 2.45) is 4.99 Å². The number of aliphatic imine (C=N–C) groups is 1. The zero-order valence-electron chi connectivity index (χ0n) is 38.0. The number of carbonyl (C=O) groups excluding carboxylic acids is 2. The van der Waals surface area contributed by atoms with Gasteiger partial charge in [-0.3, -0.25) is 38.3 Å². The van der Waals surface area contributed by atoms with Crippen molar-refractivity contribution in [1.82, 2.24) is 49.7 Å². The summed E-state index contributed by atoms with van der Waals surface area (Å²) >= 11 is 7.90. The SMILES string of the molecule is COc1cc2c(cc1-c1c(C)noc1C)ncc1c2n(C(C)c2ccccn2)c(=O)n1CC(=O)NCCOCCNC(=O)CC1N=C(c2ccc(Cl)cc2)c2c(sc(C)c2C)-n2c(C)nnc21. The number of nitrogens with one attached hydrogen (secondary N) is 2. The molecule has 2 unspecified atom stereocenters. The zero-order valence-corrected chi connectivity index (χ0v) is 39.6. The number of methoxy groups -OCH3 is 1. The third-order valence-corrected chi connectivity index (χ3v) is 13.5. The van der Waals surface area contributed by atoms with E-state index in [2.05, 4.69) is 44.8 Å². The summed E-state index contributed by atoms with van der Waals surface area (Å²) < 4.78 is 22.2. The van der Waals surface area contributed by atoms with E-state index < -0.39 is 17.8 Å². The molecule has 1 aliphatic rings. The number of halogens is 1. The molecule has 2 amide bonds. The number of ether oxygens (including phenoxy) is 2. The summed E-state index contributed by atoms with van der Waals surface area (Å²) in [6, 6.07) is 15.7. The van der Waals surface area contributed by atoms with Gasteiger partial charge in [-0.25, -0.2) is 4.79 Å². The van der Waals surface area contributed by atoms with Crippen molar-refractivity contribution in [2.75, 3.05) is 33.4 Å². The zero-order chi connectivity index (χ0) is 47.1. The van der Waals surface area contributed by atoms with Crippen LogP contribution < -0.4 is 21.1 Å². The Kier molecular flexibility index (Phi) is 12.6. The molecule has 0 aliphatic carbocycles. The molecule has 1 aliphatic heterocycles. The van der Waals surface area contributed by atoms with Crippen molar-refractivity contribution in [3.63, 3.8) is 0 Å². The van der Waals surface area contributed by atoms with Gasteiger partial charge in [0.05, 0.1) is 78.2 Å². The minimum Gasteiger partial charge on any atom is -0.496 e. The number of aromatic nitrogens is 8. The fourth-order valence-electron chi connectivity index (χ4n) is 8.68. The average Bonchev–Trinajstić information content (AvgIpc) is 4.02. The van der Waals surface area contributed by atoms with Crippen LogP contribution in [-0.4, -0.2) is 90.0 Å². The van der Waals surface area contributed by atoms with Crippen LogP contribution in [0.2, 0.25) is 5.02 Å². The van der Waals surface area contributed by atoms with Gasteiger partial charge in [-0.15, -0.1) is 21.5 Å². The summed E-state index contributed by atoms with van der Waals surface area (Å²) in [5.41, 5.74) is 7.97. The van der Waals surface area contributed by atoms with E-state index in [1.54, 1.807) is 35.4 Å². The van der Waals surface area contributed by atoms with E-state index in [-0.39, 0.29) is 51.1 Å². The molecule has 0 radical (unpaired) electrons. The van der Waals surface area contributed by atoms with Gasteiger partial charge >= 0.3 is 5.69 Å². The van der Waals surface area contributed by atoms with Gasteiger partial charge < -0.3 is 24.6 Å². The summed E-state index contributed by atoms with van der Waals surface area (Å²) in [6.45, 7) is 12.2. The van der Waals surface area contributed by atoms with Gasteiger partial charge in [0.25, 0.3) is 0 Å². The molecule has 344 valence electrons. The smallest absolute Gasteiger partial charge is 0.330 e. The van der Waals surface area contributed by atoms with Gasteiger partial charge in [0.2, 0.25) is 11.8 Å². The Morgan fingerprint density at radius 2 is 1.72 bits per heavy atom. The number of hydrogen-bond acceptors (Lipinski definition) is 13. The Labute approximate surface area is 393 Å². The Morgan fingerprint density at radius 3 is 2.42 bits per heavy atom. The van der Waals surface area contributed by atoms with E-state index in [1.807, 2.05) is 86.9 Å². The molecule has 9 rings (SSSR count). The molecule has 0 saturated heterocycles. The Balaban J connectivity index is 0.857. The number of rotatable bonds is 15. The lowest BCUT2D eigenvalue weighted by Gasteiger charge is -2.15. The first kappa shape index (κ1) is 45.1. The molecule has 2 N–H and O–H groups in total.